The molecule has 0 fully saturated rings. The second-order valence-corrected chi connectivity index (χ2v) is 3.39. The van der Waals surface area contributed by atoms with Gasteiger partial charge in [0.05, 0.1) is 0 Å². The maximum atomic E-state index is 5.73. The molecule has 0 atom stereocenters. The molecule has 0 radical (unpaired) electrons. The van der Waals surface area contributed by atoms with Crippen LogP contribution in [0.4, 0.5) is 5.69 Å². The molecule has 74 valence electrons. The van der Waals surface area contributed by atoms with Gasteiger partial charge < -0.3 is 5.73 Å². The van der Waals surface area contributed by atoms with Crippen molar-refractivity contribution in [1.29, 1.82) is 0 Å². The predicted molar refractivity (Wildman–Crippen MR) is 64.1 cm³/mol. The van der Waals surface area contributed by atoms with Crippen LogP contribution < -0.4 is 5.73 Å². The summed E-state index contributed by atoms with van der Waals surface area (Å²) in [5.74, 6) is 0. The normalized spacial score (nSPS) is 11.4. The lowest BCUT2D eigenvalue weighted by Gasteiger charge is -2.03. The van der Waals surface area contributed by atoms with Crippen molar-refractivity contribution >= 4 is 11.8 Å². The molecule has 1 nitrogen and oxygen atoms in total. The highest BCUT2D eigenvalue weighted by Crippen LogP contribution is 2.17. The monoisotopic (exact) mass is 187 g/mol. The molecular weight excluding hydrogens is 170 g/mol. The zero-order chi connectivity index (χ0) is 10.6. The number of rotatable bonds is 3. The van der Waals surface area contributed by atoms with Gasteiger partial charge in [0, 0.05) is 5.69 Å². The minimum atomic E-state index is 0.807. The topological polar surface area (TPSA) is 26.0 Å². The summed E-state index contributed by atoms with van der Waals surface area (Å²) in [5.41, 5.74) is 10.2. The third-order valence-electron chi connectivity index (χ3n) is 2.31. The summed E-state index contributed by atoms with van der Waals surface area (Å²) in [7, 11) is 0. The standard InChI is InChI=1S/C13H17N/c1-4-11(5-2)8-12-9-13(14)7-6-10(12)3/h4,6-9H,1,5,14H2,2-3H3/b11-8+. The van der Waals surface area contributed by atoms with Gasteiger partial charge in [0.1, 0.15) is 0 Å². The van der Waals surface area contributed by atoms with E-state index in [1.807, 2.05) is 24.3 Å². The minimum absolute atomic E-state index is 0.807. The summed E-state index contributed by atoms with van der Waals surface area (Å²) < 4.78 is 0. The molecule has 0 aliphatic carbocycles. The summed E-state index contributed by atoms with van der Waals surface area (Å²) in [4.78, 5) is 0. The quantitative estimate of drug-likeness (QED) is 0.568. The summed E-state index contributed by atoms with van der Waals surface area (Å²) in [6, 6.07) is 5.96. The van der Waals surface area contributed by atoms with E-state index in [0.29, 0.717) is 0 Å². The Labute approximate surface area is 85.9 Å². The molecule has 0 heterocycles. The molecule has 0 spiro atoms. The molecule has 14 heavy (non-hydrogen) atoms. The Morgan fingerprint density at radius 3 is 2.79 bits per heavy atom. The zero-order valence-electron chi connectivity index (χ0n) is 8.88. The van der Waals surface area contributed by atoms with Crippen molar-refractivity contribution in [2.24, 2.45) is 0 Å². The third kappa shape index (κ3) is 2.49. The highest BCUT2D eigenvalue weighted by Gasteiger charge is 1.96. The third-order valence-corrected chi connectivity index (χ3v) is 2.31. The molecule has 0 amide bonds. The summed E-state index contributed by atoms with van der Waals surface area (Å²) >= 11 is 0. The predicted octanol–water partition coefficient (Wildman–Crippen LogP) is 3.56. The van der Waals surface area contributed by atoms with Gasteiger partial charge in [0.15, 0.2) is 0 Å². The first-order chi connectivity index (χ1) is 6.67. The van der Waals surface area contributed by atoms with Gasteiger partial charge in [0.2, 0.25) is 0 Å². The van der Waals surface area contributed by atoms with Crippen LogP contribution in [0.3, 0.4) is 0 Å². The van der Waals surface area contributed by atoms with Crippen LogP contribution in [-0.4, -0.2) is 0 Å². The number of hydrogen-bond donors (Lipinski definition) is 1. The van der Waals surface area contributed by atoms with Gasteiger partial charge in [0.25, 0.3) is 0 Å². The van der Waals surface area contributed by atoms with Gasteiger partial charge in [-0.1, -0.05) is 31.7 Å². The molecule has 1 heteroatoms. The molecule has 0 aliphatic rings. The molecule has 1 rings (SSSR count). The zero-order valence-corrected chi connectivity index (χ0v) is 8.88. The van der Waals surface area contributed by atoms with Crippen molar-refractivity contribution in [2.75, 3.05) is 5.73 Å². The average Bonchev–Trinajstić information content (AvgIpc) is 2.19. The van der Waals surface area contributed by atoms with E-state index in [1.165, 1.54) is 16.7 Å². The van der Waals surface area contributed by atoms with Gasteiger partial charge in [-0.05, 0) is 42.2 Å². The second kappa shape index (κ2) is 4.66. The van der Waals surface area contributed by atoms with Crippen molar-refractivity contribution in [3.63, 3.8) is 0 Å². The van der Waals surface area contributed by atoms with Crippen molar-refractivity contribution in [3.05, 3.63) is 47.6 Å². The average molecular weight is 187 g/mol. The van der Waals surface area contributed by atoms with Crippen LogP contribution >= 0.6 is 0 Å². The molecule has 0 aliphatic heterocycles. The number of hydrogen-bond acceptors (Lipinski definition) is 1. The largest absolute Gasteiger partial charge is 0.399 e. The fourth-order valence-electron chi connectivity index (χ4n) is 1.32. The van der Waals surface area contributed by atoms with E-state index in [2.05, 4.69) is 26.5 Å². The molecule has 0 aromatic heterocycles. The van der Waals surface area contributed by atoms with E-state index in [0.717, 1.165) is 12.1 Å². The first kappa shape index (κ1) is 10.6. The van der Waals surface area contributed by atoms with E-state index < -0.39 is 0 Å². The Hall–Kier alpha value is -1.50. The second-order valence-electron chi connectivity index (χ2n) is 3.39. The van der Waals surface area contributed by atoms with E-state index >= 15 is 0 Å². The van der Waals surface area contributed by atoms with Gasteiger partial charge >= 0.3 is 0 Å². The van der Waals surface area contributed by atoms with Crippen LogP contribution in [0.25, 0.3) is 6.08 Å². The molecule has 0 saturated carbocycles. The number of anilines is 1. The van der Waals surface area contributed by atoms with Crippen LogP contribution in [0, 0.1) is 6.92 Å². The van der Waals surface area contributed by atoms with E-state index in [4.69, 9.17) is 5.73 Å². The van der Waals surface area contributed by atoms with Crippen molar-refractivity contribution in [1.82, 2.24) is 0 Å². The van der Waals surface area contributed by atoms with Crippen molar-refractivity contribution in [3.8, 4) is 0 Å². The summed E-state index contributed by atoms with van der Waals surface area (Å²) in [6.45, 7) is 7.99. The molecule has 0 saturated heterocycles. The maximum Gasteiger partial charge on any atom is 0.0320 e. The van der Waals surface area contributed by atoms with Gasteiger partial charge in [-0.15, -0.1) is 0 Å². The maximum absolute atomic E-state index is 5.73. The fourth-order valence-corrected chi connectivity index (χ4v) is 1.32. The van der Waals surface area contributed by atoms with Crippen LogP contribution in [0.5, 0.6) is 0 Å². The highest BCUT2D eigenvalue weighted by atomic mass is 14.5. The fraction of sp³-hybridized carbons (Fsp3) is 0.231. The Morgan fingerprint density at radius 2 is 2.21 bits per heavy atom. The summed E-state index contributed by atoms with van der Waals surface area (Å²) in [5, 5.41) is 0. The Bertz CT molecular complexity index is 361. The van der Waals surface area contributed by atoms with Gasteiger partial charge in [-0.2, -0.15) is 0 Å². The Kier molecular flexibility index (Phi) is 3.52. The highest BCUT2D eigenvalue weighted by molar-refractivity contribution is 5.62. The Balaban J connectivity index is 3.12. The molecule has 1 aromatic carbocycles. The van der Waals surface area contributed by atoms with Crippen LogP contribution in [0.2, 0.25) is 0 Å². The first-order valence-corrected chi connectivity index (χ1v) is 4.86. The molecule has 0 unspecified atom stereocenters. The molecule has 2 N–H and O–H groups in total. The number of nitrogens with two attached hydrogens (primary N) is 1. The minimum Gasteiger partial charge on any atom is -0.399 e. The van der Waals surface area contributed by atoms with E-state index in [-0.39, 0.29) is 0 Å². The molecule has 1 aromatic rings. The van der Waals surface area contributed by atoms with E-state index in [9.17, 15) is 0 Å². The summed E-state index contributed by atoms with van der Waals surface area (Å²) in [6.07, 6.45) is 5.03. The number of benzene rings is 1. The number of allylic oxidation sites excluding steroid dienone is 2. The van der Waals surface area contributed by atoms with E-state index in [1.54, 1.807) is 0 Å². The lowest BCUT2D eigenvalue weighted by Crippen LogP contribution is -1.88. The van der Waals surface area contributed by atoms with Crippen LogP contribution in [-0.2, 0) is 0 Å². The first-order valence-electron chi connectivity index (χ1n) is 4.86. The van der Waals surface area contributed by atoms with Crippen molar-refractivity contribution < 1.29 is 0 Å². The van der Waals surface area contributed by atoms with Gasteiger partial charge in [-0.3, -0.25) is 0 Å². The van der Waals surface area contributed by atoms with Crippen LogP contribution in [0.1, 0.15) is 24.5 Å². The van der Waals surface area contributed by atoms with Crippen LogP contribution in [0.15, 0.2) is 36.4 Å². The lowest BCUT2D eigenvalue weighted by molar-refractivity contribution is 1.16. The molecular formula is C13H17N. The van der Waals surface area contributed by atoms with Crippen molar-refractivity contribution in [2.45, 2.75) is 20.3 Å². The smallest absolute Gasteiger partial charge is 0.0320 e. The number of aryl methyl sites for hydroxylation is 1. The SMILES string of the molecule is C=C/C(=C\c1cc(N)ccc1C)CC. The van der Waals surface area contributed by atoms with Gasteiger partial charge in [-0.25, -0.2) is 0 Å². The Morgan fingerprint density at radius 1 is 1.50 bits per heavy atom. The number of nitrogen functional groups attached to an aromatic ring is 1. The lowest BCUT2D eigenvalue weighted by atomic mass is 10.0. The molecule has 0 bridgehead atoms.